The minimum atomic E-state index is -0.919. The lowest BCUT2D eigenvalue weighted by Crippen LogP contribution is -2.26. The summed E-state index contributed by atoms with van der Waals surface area (Å²) in [6.07, 6.45) is 0.156. The summed E-state index contributed by atoms with van der Waals surface area (Å²) in [7, 11) is 0. The Morgan fingerprint density at radius 1 is 0.958 bits per heavy atom. The van der Waals surface area contributed by atoms with E-state index in [0.29, 0.717) is 11.5 Å². The average molecular weight is 326 g/mol. The van der Waals surface area contributed by atoms with Crippen molar-refractivity contribution in [2.45, 2.75) is 12.8 Å². The van der Waals surface area contributed by atoms with Crippen LogP contribution < -0.4 is 10.2 Å². The van der Waals surface area contributed by atoms with Crippen molar-refractivity contribution in [1.29, 1.82) is 0 Å². The van der Waals surface area contributed by atoms with Gasteiger partial charge in [0.15, 0.2) is 6.61 Å². The van der Waals surface area contributed by atoms with E-state index in [2.05, 4.69) is 10.5 Å². The fraction of sp³-hybridized carbons (Fsp3) is 0.167. The van der Waals surface area contributed by atoms with Gasteiger partial charge in [-0.15, -0.1) is 0 Å². The van der Waals surface area contributed by atoms with Crippen molar-refractivity contribution in [3.63, 3.8) is 0 Å². The fourth-order valence-electron chi connectivity index (χ4n) is 1.95. The molecular formula is C18H18N2O4. The number of nitrogens with zero attached hydrogens (tertiary/aromatic N) is 1. The molecule has 0 spiro atoms. The minimum absolute atomic E-state index is 0.0654. The second-order valence-electron chi connectivity index (χ2n) is 4.95. The molecule has 0 saturated carbocycles. The van der Waals surface area contributed by atoms with Crippen molar-refractivity contribution in [2.24, 2.45) is 5.10 Å². The Bertz CT molecular complexity index is 699. The van der Waals surface area contributed by atoms with Crippen molar-refractivity contribution < 1.29 is 19.4 Å². The molecule has 0 aliphatic carbocycles. The van der Waals surface area contributed by atoms with E-state index in [-0.39, 0.29) is 19.4 Å². The molecule has 0 aromatic heterocycles. The van der Waals surface area contributed by atoms with Crippen LogP contribution in [0.5, 0.6) is 5.75 Å². The SMILES string of the molecule is O=C(O)CC/C(=N\NC(=O)COc1ccccc1)c1ccccc1. The van der Waals surface area contributed by atoms with Crippen molar-refractivity contribution >= 4 is 17.6 Å². The molecule has 0 aliphatic heterocycles. The molecular weight excluding hydrogens is 308 g/mol. The van der Waals surface area contributed by atoms with Gasteiger partial charge in [-0.05, 0) is 17.7 Å². The summed E-state index contributed by atoms with van der Waals surface area (Å²) in [5.41, 5.74) is 3.68. The van der Waals surface area contributed by atoms with E-state index in [1.165, 1.54) is 0 Å². The Labute approximate surface area is 139 Å². The highest BCUT2D eigenvalue weighted by molar-refractivity contribution is 6.02. The first kappa shape index (κ1) is 17.2. The van der Waals surface area contributed by atoms with E-state index in [0.717, 1.165) is 5.56 Å². The predicted molar refractivity (Wildman–Crippen MR) is 89.9 cm³/mol. The van der Waals surface area contributed by atoms with Gasteiger partial charge >= 0.3 is 5.97 Å². The summed E-state index contributed by atoms with van der Waals surface area (Å²) in [6, 6.07) is 18.1. The number of para-hydroxylation sites is 1. The summed E-state index contributed by atoms with van der Waals surface area (Å²) < 4.78 is 5.33. The van der Waals surface area contributed by atoms with E-state index in [1.54, 1.807) is 12.1 Å². The monoisotopic (exact) mass is 326 g/mol. The smallest absolute Gasteiger partial charge is 0.303 e. The number of hydrogen-bond donors (Lipinski definition) is 2. The van der Waals surface area contributed by atoms with Crippen molar-refractivity contribution in [3.8, 4) is 5.75 Å². The number of ether oxygens (including phenoxy) is 1. The highest BCUT2D eigenvalue weighted by Gasteiger charge is 2.08. The maximum atomic E-state index is 11.8. The van der Waals surface area contributed by atoms with Gasteiger partial charge in [-0.25, -0.2) is 5.43 Å². The largest absolute Gasteiger partial charge is 0.484 e. The Kier molecular flexibility index (Phi) is 6.52. The lowest BCUT2D eigenvalue weighted by molar-refractivity contribution is -0.136. The summed E-state index contributed by atoms with van der Waals surface area (Å²) >= 11 is 0. The molecule has 2 N–H and O–H groups in total. The van der Waals surface area contributed by atoms with Gasteiger partial charge in [0, 0.05) is 6.42 Å². The van der Waals surface area contributed by atoms with Crippen LogP contribution in [0, 0.1) is 0 Å². The average Bonchev–Trinajstić information content (AvgIpc) is 2.61. The van der Waals surface area contributed by atoms with Crippen LogP contribution in [0.15, 0.2) is 65.8 Å². The Morgan fingerprint density at radius 2 is 1.58 bits per heavy atom. The standard InChI is InChI=1S/C18H18N2O4/c21-17(13-24-15-9-5-2-6-10-15)20-19-16(11-12-18(22)23)14-7-3-1-4-8-14/h1-10H,11-13H2,(H,20,21)(H,22,23)/b19-16+. The number of nitrogens with one attached hydrogen (secondary N) is 1. The lowest BCUT2D eigenvalue weighted by atomic mass is 10.1. The van der Waals surface area contributed by atoms with E-state index in [4.69, 9.17) is 9.84 Å². The number of hydrazone groups is 1. The maximum Gasteiger partial charge on any atom is 0.303 e. The molecule has 0 bridgehead atoms. The van der Waals surface area contributed by atoms with Crippen LogP contribution in [0.3, 0.4) is 0 Å². The molecule has 2 aromatic rings. The van der Waals surface area contributed by atoms with E-state index in [9.17, 15) is 9.59 Å². The first-order valence-corrected chi connectivity index (χ1v) is 7.45. The van der Waals surface area contributed by atoms with Crippen LogP contribution in [-0.2, 0) is 9.59 Å². The van der Waals surface area contributed by atoms with Gasteiger partial charge in [-0.3, -0.25) is 9.59 Å². The molecule has 0 atom stereocenters. The van der Waals surface area contributed by atoms with Gasteiger partial charge in [0.1, 0.15) is 5.75 Å². The molecule has 0 fully saturated rings. The molecule has 24 heavy (non-hydrogen) atoms. The van der Waals surface area contributed by atoms with Gasteiger partial charge in [-0.2, -0.15) is 5.10 Å². The highest BCUT2D eigenvalue weighted by atomic mass is 16.5. The molecule has 6 heteroatoms. The van der Waals surface area contributed by atoms with E-state index >= 15 is 0 Å². The molecule has 1 amide bonds. The number of carbonyl (C=O) groups excluding carboxylic acids is 1. The van der Waals surface area contributed by atoms with Crippen LogP contribution in [0.4, 0.5) is 0 Å². The highest BCUT2D eigenvalue weighted by Crippen LogP contribution is 2.08. The van der Waals surface area contributed by atoms with Crippen molar-refractivity contribution in [1.82, 2.24) is 5.43 Å². The summed E-state index contributed by atoms with van der Waals surface area (Å²) in [5, 5.41) is 12.9. The normalized spacial score (nSPS) is 10.9. The number of hydrogen-bond acceptors (Lipinski definition) is 4. The molecule has 0 heterocycles. The first-order chi connectivity index (χ1) is 11.6. The molecule has 6 nitrogen and oxygen atoms in total. The molecule has 0 radical (unpaired) electrons. The molecule has 0 saturated heterocycles. The van der Waals surface area contributed by atoms with Gasteiger partial charge in [0.2, 0.25) is 0 Å². The number of carbonyl (C=O) groups is 2. The van der Waals surface area contributed by atoms with Crippen LogP contribution in [-0.4, -0.2) is 29.3 Å². The van der Waals surface area contributed by atoms with Gasteiger partial charge in [-0.1, -0.05) is 48.5 Å². The number of rotatable bonds is 8. The summed E-state index contributed by atoms with van der Waals surface area (Å²) in [4.78, 5) is 22.6. The number of aliphatic carboxylic acids is 1. The number of amides is 1. The quantitative estimate of drug-likeness (QED) is 0.576. The summed E-state index contributed by atoms with van der Waals surface area (Å²) in [6.45, 7) is -0.172. The molecule has 2 aromatic carbocycles. The zero-order chi connectivity index (χ0) is 17.2. The van der Waals surface area contributed by atoms with Crippen LogP contribution >= 0.6 is 0 Å². The van der Waals surface area contributed by atoms with E-state index < -0.39 is 11.9 Å². The van der Waals surface area contributed by atoms with Crippen LogP contribution in [0.25, 0.3) is 0 Å². The molecule has 0 unspecified atom stereocenters. The second kappa shape index (κ2) is 9.09. The molecule has 124 valence electrons. The Morgan fingerprint density at radius 3 is 2.21 bits per heavy atom. The molecule has 0 aliphatic rings. The van der Waals surface area contributed by atoms with Crippen LogP contribution in [0.1, 0.15) is 18.4 Å². The molecule has 2 rings (SSSR count). The Balaban J connectivity index is 1.95. The van der Waals surface area contributed by atoms with Crippen LogP contribution in [0.2, 0.25) is 0 Å². The van der Waals surface area contributed by atoms with Gasteiger partial charge in [0.25, 0.3) is 5.91 Å². The predicted octanol–water partition coefficient (Wildman–Crippen LogP) is 2.45. The second-order valence-corrected chi connectivity index (χ2v) is 4.95. The topological polar surface area (TPSA) is 88.0 Å². The van der Waals surface area contributed by atoms with Gasteiger partial charge in [0.05, 0.1) is 12.1 Å². The minimum Gasteiger partial charge on any atom is -0.484 e. The van der Waals surface area contributed by atoms with Crippen molar-refractivity contribution in [2.75, 3.05) is 6.61 Å². The maximum absolute atomic E-state index is 11.8. The van der Waals surface area contributed by atoms with Gasteiger partial charge < -0.3 is 9.84 Å². The lowest BCUT2D eigenvalue weighted by Gasteiger charge is -2.07. The number of carboxylic acid groups (broad SMARTS) is 1. The number of carboxylic acids is 1. The van der Waals surface area contributed by atoms with E-state index in [1.807, 2.05) is 48.5 Å². The Hall–Kier alpha value is -3.15. The van der Waals surface area contributed by atoms with Crippen molar-refractivity contribution in [3.05, 3.63) is 66.2 Å². The third-order valence-corrected chi connectivity index (χ3v) is 3.11. The third kappa shape index (κ3) is 5.92. The third-order valence-electron chi connectivity index (χ3n) is 3.11. The summed E-state index contributed by atoms with van der Waals surface area (Å²) in [5.74, 6) is -0.745. The number of benzene rings is 2. The zero-order valence-corrected chi connectivity index (χ0v) is 13.0. The zero-order valence-electron chi connectivity index (χ0n) is 13.0. The fourth-order valence-corrected chi connectivity index (χ4v) is 1.95. The first-order valence-electron chi connectivity index (χ1n) is 7.45.